The lowest BCUT2D eigenvalue weighted by molar-refractivity contribution is 0.100. The maximum atomic E-state index is 13.1. The summed E-state index contributed by atoms with van der Waals surface area (Å²) in [6.07, 6.45) is 0. The Bertz CT molecular complexity index is 1480. The first-order chi connectivity index (χ1) is 14.7. The lowest BCUT2D eigenvalue weighted by Gasteiger charge is -2.05. The molecule has 2 heterocycles. The van der Waals surface area contributed by atoms with Crippen LogP contribution in [0.15, 0.2) is 65.7 Å². The van der Waals surface area contributed by atoms with E-state index in [9.17, 15) is 4.79 Å². The van der Waals surface area contributed by atoms with Gasteiger partial charge in [0.25, 0.3) is 5.91 Å². The highest BCUT2D eigenvalue weighted by molar-refractivity contribution is 7.21. The second-order valence-corrected chi connectivity index (χ2v) is 9.23. The average molecular weight is 453 g/mol. The first-order valence-electron chi connectivity index (χ1n) is 9.43. The van der Waals surface area contributed by atoms with Gasteiger partial charge in [-0.25, -0.2) is 0 Å². The molecule has 4 nitrogen and oxygen atoms in total. The number of fused-ring (bicyclic) bond motifs is 4. The fraction of sp³-hybridized carbons (Fsp3) is 0.130. The highest BCUT2D eigenvalue weighted by Gasteiger charge is 2.17. The Morgan fingerprint density at radius 1 is 1.03 bits per heavy atom. The molecule has 2 aromatic heterocycles. The number of aromatic nitrogens is 1. The fourth-order valence-corrected chi connectivity index (χ4v) is 6.16. The fourth-order valence-electron chi connectivity index (χ4n) is 3.57. The Labute approximate surface area is 185 Å². The Morgan fingerprint density at radius 2 is 1.80 bits per heavy atom. The summed E-state index contributed by atoms with van der Waals surface area (Å²) < 4.78 is 9.44. The molecule has 0 aliphatic carbocycles. The number of thiazole rings is 1. The van der Waals surface area contributed by atoms with Crippen LogP contribution in [-0.2, 0) is 11.3 Å². The van der Waals surface area contributed by atoms with Crippen molar-refractivity contribution in [1.29, 1.82) is 0 Å². The average Bonchev–Trinajstić information content (AvgIpc) is 3.30. The first kappa shape index (κ1) is 19.5. The number of rotatable bonds is 4. The summed E-state index contributed by atoms with van der Waals surface area (Å²) in [7, 11) is 1.67. The summed E-state index contributed by atoms with van der Waals surface area (Å²) >= 11 is 9.41. The van der Waals surface area contributed by atoms with Crippen molar-refractivity contribution in [3.05, 3.63) is 75.4 Å². The van der Waals surface area contributed by atoms with E-state index < -0.39 is 0 Å². The molecule has 30 heavy (non-hydrogen) atoms. The zero-order chi connectivity index (χ0) is 20.7. The van der Waals surface area contributed by atoms with E-state index in [4.69, 9.17) is 16.3 Å². The Hall–Kier alpha value is -2.51. The minimum absolute atomic E-state index is 0.316. The maximum Gasteiger partial charge on any atom is 0.291 e. The van der Waals surface area contributed by atoms with Gasteiger partial charge in [0.05, 0.1) is 21.8 Å². The number of amides is 1. The molecular weight excluding hydrogens is 436 g/mol. The normalized spacial score (nSPS) is 12.4. The van der Waals surface area contributed by atoms with Crippen molar-refractivity contribution in [3.8, 4) is 0 Å². The third-order valence-corrected chi connectivity index (χ3v) is 7.81. The van der Waals surface area contributed by atoms with E-state index in [0.29, 0.717) is 27.9 Å². The molecule has 1 amide bonds. The lowest BCUT2D eigenvalue weighted by atomic mass is 10.1. The van der Waals surface area contributed by atoms with Crippen LogP contribution >= 0.6 is 34.3 Å². The van der Waals surface area contributed by atoms with Crippen molar-refractivity contribution in [2.45, 2.75) is 6.54 Å². The highest BCUT2D eigenvalue weighted by atomic mass is 35.5. The van der Waals surface area contributed by atoms with Crippen LogP contribution in [0.1, 0.15) is 9.67 Å². The van der Waals surface area contributed by atoms with E-state index in [2.05, 4.69) is 33.8 Å². The first-order valence-corrected chi connectivity index (χ1v) is 11.4. The standard InChI is InChI=1S/C23H17ClN2O2S2/c1-28-13-12-26-17-11-10-14-6-2-3-7-15(14)20(17)30-23(26)25-22(27)21-19(24)16-8-4-5-9-18(16)29-21/h2-11H,12-13H2,1H3. The van der Waals surface area contributed by atoms with Crippen LogP contribution < -0.4 is 4.80 Å². The van der Waals surface area contributed by atoms with Gasteiger partial charge in [-0.2, -0.15) is 4.99 Å². The van der Waals surface area contributed by atoms with Crippen LogP contribution in [0.4, 0.5) is 0 Å². The quantitative estimate of drug-likeness (QED) is 0.330. The number of hydrogen-bond donors (Lipinski definition) is 0. The summed E-state index contributed by atoms with van der Waals surface area (Å²) in [5, 5.41) is 3.67. The van der Waals surface area contributed by atoms with Crippen LogP contribution in [0.5, 0.6) is 0 Å². The minimum Gasteiger partial charge on any atom is -0.383 e. The van der Waals surface area contributed by atoms with Crippen LogP contribution in [0.25, 0.3) is 31.1 Å². The van der Waals surface area contributed by atoms with E-state index in [1.807, 2.05) is 36.4 Å². The summed E-state index contributed by atoms with van der Waals surface area (Å²) in [6.45, 7) is 1.14. The van der Waals surface area contributed by atoms with Gasteiger partial charge < -0.3 is 9.30 Å². The molecule has 0 aliphatic heterocycles. The van der Waals surface area contributed by atoms with Gasteiger partial charge in [0, 0.05) is 29.1 Å². The van der Waals surface area contributed by atoms with Gasteiger partial charge >= 0.3 is 0 Å². The molecule has 0 unspecified atom stereocenters. The molecule has 0 N–H and O–H groups in total. The molecule has 0 fully saturated rings. The molecule has 0 bridgehead atoms. The number of thiophene rings is 1. The number of hydrogen-bond acceptors (Lipinski definition) is 4. The minimum atomic E-state index is -0.316. The molecular formula is C23H17ClN2O2S2. The molecule has 3 aromatic carbocycles. The van der Waals surface area contributed by atoms with Crippen molar-refractivity contribution >= 4 is 71.3 Å². The number of methoxy groups -OCH3 is 1. The molecule has 5 rings (SSSR count). The zero-order valence-corrected chi connectivity index (χ0v) is 18.5. The van der Waals surface area contributed by atoms with Gasteiger partial charge in [0.2, 0.25) is 0 Å². The van der Waals surface area contributed by atoms with E-state index >= 15 is 0 Å². The summed E-state index contributed by atoms with van der Waals surface area (Å²) in [6, 6.07) is 20.2. The van der Waals surface area contributed by atoms with E-state index in [-0.39, 0.29) is 5.91 Å². The van der Waals surface area contributed by atoms with Crippen LogP contribution in [0.2, 0.25) is 5.02 Å². The largest absolute Gasteiger partial charge is 0.383 e. The predicted molar refractivity (Wildman–Crippen MR) is 126 cm³/mol. The van der Waals surface area contributed by atoms with Crippen molar-refractivity contribution in [2.24, 2.45) is 4.99 Å². The molecule has 0 saturated heterocycles. The van der Waals surface area contributed by atoms with Crippen molar-refractivity contribution in [2.75, 3.05) is 13.7 Å². The summed E-state index contributed by atoms with van der Waals surface area (Å²) in [5.41, 5.74) is 1.05. The number of ether oxygens (including phenoxy) is 1. The van der Waals surface area contributed by atoms with Crippen LogP contribution in [-0.4, -0.2) is 24.2 Å². The zero-order valence-electron chi connectivity index (χ0n) is 16.1. The van der Waals surface area contributed by atoms with Gasteiger partial charge in [-0.05, 0) is 17.5 Å². The molecule has 5 aromatic rings. The Kier molecular flexibility index (Phi) is 5.16. The number of carbonyl (C=O) groups is 1. The van der Waals surface area contributed by atoms with Crippen molar-refractivity contribution in [1.82, 2.24) is 4.57 Å². The van der Waals surface area contributed by atoms with Gasteiger partial charge in [-0.15, -0.1) is 11.3 Å². The maximum absolute atomic E-state index is 13.1. The van der Waals surface area contributed by atoms with Gasteiger partial charge in [-0.3, -0.25) is 4.79 Å². The second kappa shape index (κ2) is 7.96. The molecule has 7 heteroatoms. The topological polar surface area (TPSA) is 43.6 Å². The Morgan fingerprint density at radius 3 is 2.60 bits per heavy atom. The molecule has 0 spiro atoms. The number of halogens is 1. The van der Waals surface area contributed by atoms with E-state index in [0.717, 1.165) is 31.1 Å². The van der Waals surface area contributed by atoms with Gasteiger partial charge in [0.15, 0.2) is 4.80 Å². The molecule has 0 radical (unpaired) electrons. The number of carbonyl (C=O) groups excluding carboxylic acids is 1. The number of nitrogens with zero attached hydrogens (tertiary/aromatic N) is 2. The third kappa shape index (κ3) is 3.26. The second-order valence-electron chi connectivity index (χ2n) is 6.82. The summed E-state index contributed by atoms with van der Waals surface area (Å²) in [4.78, 5) is 18.7. The smallest absolute Gasteiger partial charge is 0.291 e. The van der Waals surface area contributed by atoms with E-state index in [1.54, 1.807) is 7.11 Å². The van der Waals surface area contributed by atoms with Crippen LogP contribution in [0, 0.1) is 0 Å². The van der Waals surface area contributed by atoms with Crippen molar-refractivity contribution < 1.29 is 9.53 Å². The van der Waals surface area contributed by atoms with E-state index in [1.165, 1.54) is 22.7 Å². The molecule has 150 valence electrons. The monoisotopic (exact) mass is 452 g/mol. The SMILES string of the molecule is COCCn1c(=NC(=O)c2sc3ccccc3c2Cl)sc2c3ccccc3ccc21. The highest BCUT2D eigenvalue weighted by Crippen LogP contribution is 2.35. The van der Waals surface area contributed by atoms with Gasteiger partial charge in [0.1, 0.15) is 4.88 Å². The van der Waals surface area contributed by atoms with Gasteiger partial charge in [-0.1, -0.05) is 71.5 Å². The Balaban J connectivity index is 1.71. The predicted octanol–water partition coefficient (Wildman–Crippen LogP) is 6.11. The number of benzene rings is 3. The molecule has 0 aliphatic rings. The third-order valence-electron chi connectivity index (χ3n) is 5.02. The summed E-state index contributed by atoms with van der Waals surface area (Å²) in [5.74, 6) is -0.316. The molecule has 0 saturated carbocycles. The van der Waals surface area contributed by atoms with Crippen molar-refractivity contribution in [3.63, 3.8) is 0 Å². The molecule has 0 atom stereocenters. The lowest BCUT2D eigenvalue weighted by Crippen LogP contribution is -2.19. The van der Waals surface area contributed by atoms with Crippen LogP contribution in [0.3, 0.4) is 0 Å².